The molecular weight excluding hydrogens is 293 g/mol. The third-order valence-corrected chi connectivity index (χ3v) is 3.57. The topological polar surface area (TPSA) is 39.2 Å². The van der Waals surface area contributed by atoms with Crippen LogP contribution in [0.25, 0.3) is 11.3 Å². The van der Waals surface area contributed by atoms with Gasteiger partial charge in [-0.3, -0.25) is 0 Å². The summed E-state index contributed by atoms with van der Waals surface area (Å²) in [5.41, 5.74) is 1.31. The van der Waals surface area contributed by atoms with Crippen LogP contribution in [0.2, 0.25) is 9.49 Å². The number of rotatable bonds is 3. The second-order valence-corrected chi connectivity index (χ2v) is 5.39. The Morgan fingerprint density at radius 1 is 1.33 bits per heavy atom. The minimum Gasteiger partial charge on any atom is -0.462 e. The highest BCUT2D eigenvalue weighted by Crippen LogP contribution is 2.32. The summed E-state index contributed by atoms with van der Waals surface area (Å²) in [5, 5.41) is 0.623. The normalized spacial score (nSPS) is 10.4. The van der Waals surface area contributed by atoms with E-state index in [2.05, 4.69) is 4.98 Å². The van der Waals surface area contributed by atoms with Crippen LogP contribution in [0, 0.1) is 0 Å². The van der Waals surface area contributed by atoms with Gasteiger partial charge in [-0.2, -0.15) is 0 Å². The van der Waals surface area contributed by atoms with E-state index in [4.69, 9.17) is 27.9 Å². The molecule has 0 spiro atoms. The van der Waals surface area contributed by atoms with Crippen molar-refractivity contribution in [2.24, 2.45) is 0 Å². The molecular formula is C12H9Cl2NO2S. The van der Waals surface area contributed by atoms with Crippen molar-refractivity contribution in [1.82, 2.24) is 4.98 Å². The van der Waals surface area contributed by atoms with E-state index in [9.17, 15) is 4.79 Å². The van der Waals surface area contributed by atoms with Crippen molar-refractivity contribution in [1.29, 1.82) is 0 Å². The van der Waals surface area contributed by atoms with Crippen molar-refractivity contribution in [3.8, 4) is 11.3 Å². The SMILES string of the molecule is CCOC(=O)c1sc(Cl)nc1-c1ccc(Cl)cc1. The zero-order valence-electron chi connectivity index (χ0n) is 9.44. The summed E-state index contributed by atoms with van der Waals surface area (Å²) in [4.78, 5) is 16.3. The summed E-state index contributed by atoms with van der Waals surface area (Å²) >= 11 is 12.8. The van der Waals surface area contributed by atoms with E-state index in [0.29, 0.717) is 26.7 Å². The number of thiazole rings is 1. The molecule has 0 atom stereocenters. The predicted octanol–water partition coefficient (Wildman–Crippen LogP) is 4.29. The first-order valence-electron chi connectivity index (χ1n) is 5.21. The molecule has 0 fully saturated rings. The number of benzene rings is 1. The largest absolute Gasteiger partial charge is 0.462 e. The average molecular weight is 302 g/mol. The number of hydrogen-bond acceptors (Lipinski definition) is 4. The van der Waals surface area contributed by atoms with Crippen molar-refractivity contribution in [2.45, 2.75) is 6.92 Å². The van der Waals surface area contributed by atoms with Gasteiger partial charge in [-0.05, 0) is 19.1 Å². The number of nitrogens with zero attached hydrogens (tertiary/aromatic N) is 1. The Labute approximate surface area is 118 Å². The van der Waals surface area contributed by atoms with Gasteiger partial charge in [-0.15, -0.1) is 0 Å². The van der Waals surface area contributed by atoms with Crippen LogP contribution in [0.3, 0.4) is 0 Å². The van der Waals surface area contributed by atoms with Gasteiger partial charge in [-0.1, -0.05) is 46.7 Å². The lowest BCUT2D eigenvalue weighted by molar-refractivity contribution is 0.0532. The molecule has 6 heteroatoms. The van der Waals surface area contributed by atoms with E-state index in [1.165, 1.54) is 0 Å². The highest BCUT2D eigenvalue weighted by atomic mass is 35.5. The molecule has 0 saturated heterocycles. The smallest absolute Gasteiger partial charge is 0.350 e. The zero-order valence-corrected chi connectivity index (χ0v) is 11.8. The van der Waals surface area contributed by atoms with Gasteiger partial charge in [0.15, 0.2) is 4.47 Å². The number of carbonyl (C=O) groups excluding carboxylic acids is 1. The highest BCUT2D eigenvalue weighted by Gasteiger charge is 2.19. The minimum absolute atomic E-state index is 0.308. The number of hydrogen-bond donors (Lipinski definition) is 0. The maximum absolute atomic E-state index is 11.8. The van der Waals surface area contributed by atoms with E-state index in [-0.39, 0.29) is 0 Å². The molecule has 1 heterocycles. The summed E-state index contributed by atoms with van der Waals surface area (Å²) in [6.45, 7) is 2.07. The van der Waals surface area contributed by atoms with E-state index in [1.54, 1.807) is 31.2 Å². The lowest BCUT2D eigenvalue weighted by Gasteiger charge is -2.02. The van der Waals surface area contributed by atoms with Crippen LogP contribution < -0.4 is 0 Å². The van der Waals surface area contributed by atoms with Gasteiger partial charge in [0.25, 0.3) is 0 Å². The van der Waals surface area contributed by atoms with Crippen LogP contribution in [0.15, 0.2) is 24.3 Å². The third kappa shape index (κ3) is 2.83. The van der Waals surface area contributed by atoms with Crippen LogP contribution in [-0.4, -0.2) is 17.6 Å². The van der Waals surface area contributed by atoms with E-state index < -0.39 is 5.97 Å². The van der Waals surface area contributed by atoms with E-state index >= 15 is 0 Å². The molecule has 0 amide bonds. The molecule has 1 aromatic heterocycles. The van der Waals surface area contributed by atoms with Crippen molar-refractivity contribution >= 4 is 40.5 Å². The number of ether oxygens (including phenoxy) is 1. The Balaban J connectivity index is 2.44. The molecule has 94 valence electrons. The zero-order chi connectivity index (χ0) is 13.1. The van der Waals surface area contributed by atoms with E-state index in [1.807, 2.05) is 0 Å². The maximum atomic E-state index is 11.8. The first-order chi connectivity index (χ1) is 8.61. The van der Waals surface area contributed by atoms with Crippen molar-refractivity contribution < 1.29 is 9.53 Å². The minimum atomic E-state index is -0.410. The molecule has 18 heavy (non-hydrogen) atoms. The first-order valence-corrected chi connectivity index (χ1v) is 6.78. The summed E-state index contributed by atoms with van der Waals surface area (Å²) in [7, 11) is 0. The molecule has 0 unspecified atom stereocenters. The third-order valence-electron chi connectivity index (χ3n) is 2.18. The lowest BCUT2D eigenvalue weighted by atomic mass is 10.1. The van der Waals surface area contributed by atoms with Crippen LogP contribution >= 0.6 is 34.5 Å². The van der Waals surface area contributed by atoms with Gasteiger partial charge in [0, 0.05) is 10.6 Å². The predicted molar refractivity (Wildman–Crippen MR) is 73.5 cm³/mol. The molecule has 0 bridgehead atoms. The molecule has 0 aliphatic heterocycles. The Morgan fingerprint density at radius 3 is 2.61 bits per heavy atom. The second-order valence-electron chi connectivity index (χ2n) is 3.37. The highest BCUT2D eigenvalue weighted by molar-refractivity contribution is 7.17. The molecule has 0 saturated carbocycles. The summed E-state index contributed by atoms with van der Waals surface area (Å²) in [6, 6.07) is 7.05. The summed E-state index contributed by atoms with van der Waals surface area (Å²) < 4.78 is 5.28. The van der Waals surface area contributed by atoms with Crippen molar-refractivity contribution in [2.75, 3.05) is 6.61 Å². The summed E-state index contributed by atoms with van der Waals surface area (Å²) in [5.74, 6) is -0.410. The maximum Gasteiger partial charge on any atom is 0.350 e. The average Bonchev–Trinajstić information content (AvgIpc) is 2.73. The van der Waals surface area contributed by atoms with Gasteiger partial charge in [0.2, 0.25) is 0 Å². The molecule has 1 aromatic carbocycles. The van der Waals surface area contributed by atoms with Gasteiger partial charge >= 0.3 is 5.97 Å². The van der Waals surface area contributed by atoms with Crippen LogP contribution in [0.1, 0.15) is 16.6 Å². The molecule has 0 radical (unpaired) electrons. The Kier molecular flexibility index (Phi) is 4.22. The van der Waals surface area contributed by atoms with Crippen molar-refractivity contribution in [3.05, 3.63) is 38.6 Å². The van der Waals surface area contributed by atoms with E-state index in [0.717, 1.165) is 16.9 Å². The van der Waals surface area contributed by atoms with Crippen LogP contribution in [0.4, 0.5) is 0 Å². The lowest BCUT2D eigenvalue weighted by Crippen LogP contribution is -2.03. The molecule has 0 aliphatic rings. The number of halogens is 2. The van der Waals surface area contributed by atoms with Gasteiger partial charge < -0.3 is 4.74 Å². The monoisotopic (exact) mass is 301 g/mol. The number of aromatic nitrogens is 1. The van der Waals surface area contributed by atoms with Gasteiger partial charge in [-0.25, -0.2) is 9.78 Å². The molecule has 3 nitrogen and oxygen atoms in total. The van der Waals surface area contributed by atoms with Crippen molar-refractivity contribution in [3.63, 3.8) is 0 Å². The van der Waals surface area contributed by atoms with Gasteiger partial charge in [0.05, 0.1) is 12.3 Å². The quantitative estimate of drug-likeness (QED) is 0.794. The fourth-order valence-corrected chi connectivity index (χ4v) is 2.58. The molecule has 2 rings (SSSR count). The van der Waals surface area contributed by atoms with Gasteiger partial charge in [0.1, 0.15) is 4.88 Å². The Hall–Kier alpha value is -1.10. The Bertz CT molecular complexity index is 566. The standard InChI is InChI=1S/C12H9Cl2NO2S/c1-2-17-11(16)10-9(15-12(14)18-10)7-3-5-8(13)6-4-7/h3-6H,2H2,1H3. The van der Waals surface area contributed by atoms with Crippen LogP contribution in [-0.2, 0) is 4.74 Å². The van der Waals surface area contributed by atoms with Crippen LogP contribution in [0.5, 0.6) is 0 Å². The molecule has 0 N–H and O–H groups in total. The molecule has 2 aromatic rings. The first kappa shape index (κ1) is 13.3. The second kappa shape index (κ2) is 5.69. The fraction of sp³-hybridized carbons (Fsp3) is 0.167. The number of carbonyl (C=O) groups is 1. The fourth-order valence-electron chi connectivity index (χ4n) is 1.43. The Morgan fingerprint density at radius 2 is 2.00 bits per heavy atom. The summed E-state index contributed by atoms with van der Waals surface area (Å²) in [6.07, 6.45) is 0. The molecule has 0 aliphatic carbocycles. The number of esters is 1.